The van der Waals surface area contributed by atoms with E-state index in [1.807, 2.05) is 38.1 Å². The van der Waals surface area contributed by atoms with Crippen LogP contribution in [0.3, 0.4) is 0 Å². The molecule has 0 bridgehead atoms. The van der Waals surface area contributed by atoms with Gasteiger partial charge in [0.25, 0.3) is 0 Å². The van der Waals surface area contributed by atoms with Crippen LogP contribution in [0.15, 0.2) is 35.5 Å². The van der Waals surface area contributed by atoms with Crippen LogP contribution in [-0.4, -0.2) is 71.0 Å². The minimum Gasteiger partial charge on any atom is -0.480 e. The third-order valence-corrected chi connectivity index (χ3v) is 5.80. The average Bonchev–Trinajstić information content (AvgIpc) is 3.25. The summed E-state index contributed by atoms with van der Waals surface area (Å²) in [5, 5.41) is 18.0. The Balaban J connectivity index is 2.13. The maximum absolute atomic E-state index is 13.2. The van der Waals surface area contributed by atoms with Crippen molar-refractivity contribution >= 4 is 40.6 Å². The number of aliphatic carboxylic acids is 1. The molecular weight excluding hydrogens is 492 g/mol. The van der Waals surface area contributed by atoms with Crippen molar-refractivity contribution in [2.75, 3.05) is 13.1 Å². The smallest absolute Gasteiger partial charge is 0.326 e. The summed E-state index contributed by atoms with van der Waals surface area (Å²) in [6, 6.07) is 4.37. The van der Waals surface area contributed by atoms with Crippen molar-refractivity contribution in [3.05, 3.63) is 36.0 Å². The van der Waals surface area contributed by atoms with Gasteiger partial charge >= 0.3 is 5.97 Å². The zero-order chi connectivity index (χ0) is 28.2. The van der Waals surface area contributed by atoms with E-state index in [-0.39, 0.29) is 37.8 Å². The van der Waals surface area contributed by atoms with Crippen molar-refractivity contribution in [1.29, 1.82) is 0 Å². The molecular formula is C25H38N8O5. The number of rotatable bonds is 15. The van der Waals surface area contributed by atoms with Crippen LogP contribution in [0.4, 0.5) is 0 Å². The molecule has 2 aromatic rings. The maximum atomic E-state index is 13.2. The number of nitrogens with zero attached hydrogens (tertiary/aromatic N) is 1. The number of carbonyl (C=O) groups is 4. The van der Waals surface area contributed by atoms with Gasteiger partial charge in [0, 0.05) is 30.1 Å². The van der Waals surface area contributed by atoms with Crippen molar-refractivity contribution in [2.24, 2.45) is 28.1 Å². The molecule has 13 nitrogen and oxygen atoms in total. The lowest BCUT2D eigenvalue weighted by atomic mass is 10.0. The van der Waals surface area contributed by atoms with E-state index in [1.165, 1.54) is 0 Å². The zero-order valence-corrected chi connectivity index (χ0v) is 21.7. The normalized spacial score (nSPS) is 13.4. The van der Waals surface area contributed by atoms with E-state index < -0.39 is 41.8 Å². The number of hydrogen-bond donors (Lipinski definition) is 8. The van der Waals surface area contributed by atoms with Crippen LogP contribution in [0.5, 0.6) is 0 Å². The highest BCUT2D eigenvalue weighted by Crippen LogP contribution is 2.19. The summed E-state index contributed by atoms with van der Waals surface area (Å²) in [6.45, 7) is 3.68. The molecule has 3 amide bonds. The second-order valence-corrected chi connectivity index (χ2v) is 9.49. The lowest BCUT2D eigenvalue weighted by Crippen LogP contribution is -2.54. The van der Waals surface area contributed by atoms with Gasteiger partial charge in [0.15, 0.2) is 5.96 Å². The Labute approximate surface area is 221 Å². The summed E-state index contributed by atoms with van der Waals surface area (Å²) in [7, 11) is 0. The number of hydrogen-bond acceptors (Lipinski definition) is 6. The molecule has 0 saturated heterocycles. The number of nitrogens with one attached hydrogen (secondary N) is 4. The van der Waals surface area contributed by atoms with Crippen LogP contribution >= 0.6 is 0 Å². The number of fused-ring (bicyclic) bond motifs is 1. The molecule has 1 aromatic heterocycles. The van der Waals surface area contributed by atoms with E-state index in [0.717, 1.165) is 16.5 Å². The Hall–Kier alpha value is -4.13. The molecule has 1 aromatic carbocycles. The average molecular weight is 531 g/mol. The van der Waals surface area contributed by atoms with E-state index in [2.05, 4.69) is 25.9 Å². The second-order valence-electron chi connectivity index (χ2n) is 9.49. The highest BCUT2D eigenvalue weighted by molar-refractivity contribution is 5.93. The largest absolute Gasteiger partial charge is 0.480 e. The molecule has 38 heavy (non-hydrogen) atoms. The Kier molecular flexibility index (Phi) is 11.5. The van der Waals surface area contributed by atoms with Gasteiger partial charge in [-0.3, -0.25) is 19.4 Å². The quantitative estimate of drug-likeness (QED) is 0.0832. The number of nitrogens with two attached hydrogens (primary N) is 3. The third kappa shape index (κ3) is 9.73. The number of benzene rings is 1. The number of amides is 3. The molecule has 0 radical (unpaired) electrons. The Morgan fingerprint density at radius 3 is 2.42 bits per heavy atom. The predicted octanol–water partition coefficient (Wildman–Crippen LogP) is -0.692. The van der Waals surface area contributed by atoms with E-state index >= 15 is 0 Å². The van der Waals surface area contributed by atoms with Gasteiger partial charge in [-0.2, -0.15) is 0 Å². The molecule has 2 rings (SSSR count). The summed E-state index contributed by atoms with van der Waals surface area (Å²) < 4.78 is 0. The number of carboxylic acids is 1. The fourth-order valence-electron chi connectivity index (χ4n) is 3.92. The molecule has 0 aliphatic rings. The Morgan fingerprint density at radius 1 is 1.05 bits per heavy atom. The van der Waals surface area contributed by atoms with Crippen LogP contribution in [0.2, 0.25) is 0 Å². The second kappa shape index (κ2) is 14.6. The highest BCUT2D eigenvalue weighted by atomic mass is 16.4. The third-order valence-electron chi connectivity index (χ3n) is 5.80. The molecule has 0 fully saturated rings. The van der Waals surface area contributed by atoms with Crippen LogP contribution < -0.4 is 33.2 Å². The van der Waals surface area contributed by atoms with Gasteiger partial charge in [-0.25, -0.2) is 4.79 Å². The zero-order valence-electron chi connectivity index (χ0n) is 21.7. The Bertz CT molecular complexity index is 1140. The Morgan fingerprint density at radius 2 is 1.76 bits per heavy atom. The van der Waals surface area contributed by atoms with Gasteiger partial charge in [-0.05, 0) is 36.8 Å². The van der Waals surface area contributed by atoms with Crippen LogP contribution in [0.25, 0.3) is 10.9 Å². The molecule has 0 saturated carbocycles. The van der Waals surface area contributed by atoms with Crippen LogP contribution in [0.1, 0.15) is 38.7 Å². The van der Waals surface area contributed by atoms with Crippen LogP contribution in [0, 0.1) is 5.92 Å². The predicted molar refractivity (Wildman–Crippen MR) is 144 cm³/mol. The van der Waals surface area contributed by atoms with Crippen molar-refractivity contribution in [3.63, 3.8) is 0 Å². The lowest BCUT2D eigenvalue weighted by Gasteiger charge is -2.22. The lowest BCUT2D eigenvalue weighted by molar-refractivity contribution is -0.142. The van der Waals surface area contributed by atoms with Crippen molar-refractivity contribution in [2.45, 2.75) is 57.7 Å². The van der Waals surface area contributed by atoms with Crippen molar-refractivity contribution in [3.8, 4) is 0 Å². The highest BCUT2D eigenvalue weighted by Gasteiger charge is 2.27. The minimum atomic E-state index is -1.23. The molecule has 13 heteroatoms. The number of guanidine groups is 1. The number of carbonyl (C=O) groups excluding carboxylic acids is 3. The van der Waals surface area contributed by atoms with Gasteiger partial charge in [-0.15, -0.1) is 0 Å². The number of aliphatic imine (C=N–C) groups is 1. The summed E-state index contributed by atoms with van der Waals surface area (Å²) in [4.78, 5) is 56.8. The molecule has 1 heterocycles. The topological polar surface area (TPSA) is 231 Å². The molecule has 3 atom stereocenters. The van der Waals surface area contributed by atoms with Gasteiger partial charge < -0.3 is 43.2 Å². The SMILES string of the molecule is CC(C)CC(N)C(=O)NCC(=O)NC(Cc1c[nH]c2ccccc12)C(=O)NC(CCCN=C(N)N)C(=O)O. The summed E-state index contributed by atoms with van der Waals surface area (Å²) in [5.74, 6) is -2.91. The van der Waals surface area contributed by atoms with E-state index in [0.29, 0.717) is 12.8 Å². The number of H-pyrrole nitrogens is 1. The first-order valence-corrected chi connectivity index (χ1v) is 12.4. The van der Waals surface area contributed by atoms with E-state index in [4.69, 9.17) is 17.2 Å². The standard InChI is InChI=1S/C25H38N8O5/c1-14(2)10-17(26)22(35)31-13-21(34)32-20(11-15-12-30-18-7-4-3-6-16(15)18)23(36)33-19(24(37)38)8-5-9-29-25(27)28/h3-4,6-7,12,14,17,19-20,30H,5,8-11,13,26H2,1-2H3,(H,31,35)(H,32,34)(H,33,36)(H,37,38)(H4,27,28,29). The molecule has 11 N–H and O–H groups in total. The number of aromatic amines is 1. The molecule has 3 unspecified atom stereocenters. The van der Waals surface area contributed by atoms with Crippen molar-refractivity contribution in [1.82, 2.24) is 20.9 Å². The van der Waals surface area contributed by atoms with Crippen LogP contribution in [-0.2, 0) is 25.6 Å². The number of aromatic nitrogens is 1. The summed E-state index contributed by atoms with van der Waals surface area (Å²) in [5.41, 5.74) is 18.0. The molecule has 208 valence electrons. The number of para-hydroxylation sites is 1. The van der Waals surface area contributed by atoms with E-state index in [9.17, 15) is 24.3 Å². The molecule has 0 spiro atoms. The van der Waals surface area contributed by atoms with Gasteiger partial charge in [0.2, 0.25) is 17.7 Å². The summed E-state index contributed by atoms with van der Waals surface area (Å²) >= 11 is 0. The fourth-order valence-corrected chi connectivity index (χ4v) is 3.92. The molecule has 0 aliphatic heterocycles. The van der Waals surface area contributed by atoms with Gasteiger partial charge in [0.1, 0.15) is 12.1 Å². The number of carboxylic acid groups (broad SMARTS) is 1. The summed E-state index contributed by atoms with van der Waals surface area (Å²) in [6.07, 6.45) is 2.67. The monoisotopic (exact) mass is 530 g/mol. The first-order valence-electron chi connectivity index (χ1n) is 12.4. The minimum absolute atomic E-state index is 0.0788. The first-order chi connectivity index (χ1) is 18.0. The van der Waals surface area contributed by atoms with Gasteiger partial charge in [-0.1, -0.05) is 32.0 Å². The molecule has 0 aliphatic carbocycles. The fraction of sp³-hybridized carbons (Fsp3) is 0.480. The first kappa shape index (κ1) is 30.1. The van der Waals surface area contributed by atoms with Crippen molar-refractivity contribution < 1.29 is 24.3 Å². The van der Waals surface area contributed by atoms with Gasteiger partial charge in [0.05, 0.1) is 12.6 Å². The maximum Gasteiger partial charge on any atom is 0.326 e. The van der Waals surface area contributed by atoms with E-state index in [1.54, 1.807) is 6.20 Å².